The van der Waals surface area contributed by atoms with Gasteiger partial charge in [-0.25, -0.2) is 0 Å². The van der Waals surface area contributed by atoms with E-state index in [1.165, 1.54) is 12.8 Å². The second-order valence-corrected chi connectivity index (χ2v) is 4.24. The maximum absolute atomic E-state index is 11.5. The lowest BCUT2D eigenvalue weighted by atomic mass is 10.1. The zero-order valence-electron chi connectivity index (χ0n) is 9.21. The van der Waals surface area contributed by atoms with Gasteiger partial charge in [-0.2, -0.15) is 0 Å². The summed E-state index contributed by atoms with van der Waals surface area (Å²) in [6.07, 6.45) is 3.35. The number of likely N-dealkylation sites (N-methyl/N-ethyl adjacent to an activating group) is 1. The summed E-state index contributed by atoms with van der Waals surface area (Å²) in [4.78, 5) is 13.7. The standard InChI is InChI=1S/C11H21NO/c1-5-11(13)9(3)12(4)8(2)10-6-7-10/h8-10H,5-7H2,1-4H3. The number of hydrogen-bond donors (Lipinski definition) is 0. The van der Waals surface area contributed by atoms with E-state index in [1.54, 1.807) is 0 Å². The Hall–Kier alpha value is -0.370. The highest BCUT2D eigenvalue weighted by atomic mass is 16.1. The van der Waals surface area contributed by atoms with Crippen LogP contribution < -0.4 is 0 Å². The molecule has 0 heterocycles. The van der Waals surface area contributed by atoms with Gasteiger partial charge in [0.05, 0.1) is 6.04 Å². The Kier molecular flexibility index (Phi) is 3.48. The molecule has 0 N–H and O–H groups in total. The number of ketones is 1. The zero-order valence-corrected chi connectivity index (χ0v) is 9.21. The lowest BCUT2D eigenvalue weighted by Crippen LogP contribution is -2.42. The molecule has 1 fully saturated rings. The van der Waals surface area contributed by atoms with E-state index in [0.29, 0.717) is 18.2 Å². The lowest BCUT2D eigenvalue weighted by molar-refractivity contribution is -0.123. The number of nitrogens with zero attached hydrogens (tertiary/aromatic N) is 1. The van der Waals surface area contributed by atoms with Crippen molar-refractivity contribution < 1.29 is 4.79 Å². The second-order valence-electron chi connectivity index (χ2n) is 4.24. The molecule has 0 radical (unpaired) electrons. The fraction of sp³-hybridized carbons (Fsp3) is 0.909. The number of Topliss-reactive ketones (excluding diaryl/α,β-unsaturated/α-hetero) is 1. The Labute approximate surface area is 81.3 Å². The van der Waals surface area contributed by atoms with Crippen molar-refractivity contribution >= 4 is 5.78 Å². The Morgan fingerprint density at radius 2 is 2.00 bits per heavy atom. The molecule has 0 aromatic carbocycles. The Bertz CT molecular complexity index is 187. The molecular formula is C11H21NO. The van der Waals surface area contributed by atoms with Crippen LogP contribution in [0.3, 0.4) is 0 Å². The summed E-state index contributed by atoms with van der Waals surface area (Å²) in [5.41, 5.74) is 0. The average Bonchev–Trinajstić information content (AvgIpc) is 2.96. The molecule has 0 amide bonds. The van der Waals surface area contributed by atoms with Gasteiger partial charge in [0.15, 0.2) is 0 Å². The van der Waals surface area contributed by atoms with Gasteiger partial charge in [-0.1, -0.05) is 6.92 Å². The molecule has 0 saturated heterocycles. The molecule has 0 spiro atoms. The molecule has 2 unspecified atom stereocenters. The SMILES string of the molecule is CCC(=O)C(C)N(C)C(C)C1CC1. The summed E-state index contributed by atoms with van der Waals surface area (Å²) in [6.45, 7) is 6.19. The first-order valence-electron chi connectivity index (χ1n) is 5.32. The molecule has 1 saturated carbocycles. The fourth-order valence-electron chi connectivity index (χ4n) is 1.79. The first-order valence-corrected chi connectivity index (χ1v) is 5.32. The van der Waals surface area contributed by atoms with E-state index in [9.17, 15) is 4.79 Å². The molecule has 0 aromatic rings. The summed E-state index contributed by atoms with van der Waals surface area (Å²) >= 11 is 0. The largest absolute Gasteiger partial charge is 0.298 e. The van der Waals surface area contributed by atoms with Crippen LogP contribution in [0.1, 0.15) is 40.0 Å². The highest BCUT2D eigenvalue weighted by Gasteiger charge is 2.33. The topological polar surface area (TPSA) is 20.3 Å². The van der Waals surface area contributed by atoms with Crippen LogP contribution >= 0.6 is 0 Å². The minimum atomic E-state index is 0.0978. The van der Waals surface area contributed by atoms with Crippen molar-refractivity contribution in [1.29, 1.82) is 0 Å². The predicted octanol–water partition coefficient (Wildman–Crippen LogP) is 2.08. The maximum Gasteiger partial charge on any atom is 0.149 e. The second kappa shape index (κ2) is 4.23. The van der Waals surface area contributed by atoms with E-state index in [4.69, 9.17) is 0 Å². The van der Waals surface area contributed by atoms with Gasteiger partial charge in [0.2, 0.25) is 0 Å². The predicted molar refractivity (Wildman–Crippen MR) is 54.7 cm³/mol. The van der Waals surface area contributed by atoms with Crippen LogP contribution in [0.2, 0.25) is 0 Å². The van der Waals surface area contributed by atoms with Gasteiger partial charge < -0.3 is 0 Å². The van der Waals surface area contributed by atoms with E-state index in [2.05, 4.69) is 18.9 Å². The number of carbonyl (C=O) groups excluding carboxylic acids is 1. The van der Waals surface area contributed by atoms with Gasteiger partial charge in [-0.3, -0.25) is 9.69 Å². The van der Waals surface area contributed by atoms with Gasteiger partial charge in [-0.05, 0) is 39.7 Å². The van der Waals surface area contributed by atoms with Gasteiger partial charge in [0.1, 0.15) is 5.78 Å². The van der Waals surface area contributed by atoms with Crippen molar-refractivity contribution in [3.8, 4) is 0 Å². The van der Waals surface area contributed by atoms with Crippen LogP contribution in [0.25, 0.3) is 0 Å². The summed E-state index contributed by atoms with van der Waals surface area (Å²) in [5.74, 6) is 1.20. The maximum atomic E-state index is 11.5. The van der Waals surface area contributed by atoms with Crippen molar-refractivity contribution in [1.82, 2.24) is 4.90 Å². The van der Waals surface area contributed by atoms with Crippen LogP contribution in [0, 0.1) is 5.92 Å². The fourth-order valence-corrected chi connectivity index (χ4v) is 1.79. The monoisotopic (exact) mass is 183 g/mol. The van der Waals surface area contributed by atoms with Crippen LogP contribution in [-0.2, 0) is 4.79 Å². The van der Waals surface area contributed by atoms with Gasteiger partial charge in [0.25, 0.3) is 0 Å². The lowest BCUT2D eigenvalue weighted by Gasteiger charge is -2.29. The van der Waals surface area contributed by atoms with E-state index in [1.807, 2.05) is 13.8 Å². The van der Waals surface area contributed by atoms with E-state index >= 15 is 0 Å². The average molecular weight is 183 g/mol. The van der Waals surface area contributed by atoms with Crippen molar-refractivity contribution in [2.24, 2.45) is 5.92 Å². The number of hydrogen-bond acceptors (Lipinski definition) is 2. The van der Waals surface area contributed by atoms with E-state index < -0.39 is 0 Å². The van der Waals surface area contributed by atoms with Crippen LogP contribution in [-0.4, -0.2) is 29.8 Å². The van der Waals surface area contributed by atoms with Crippen LogP contribution in [0.5, 0.6) is 0 Å². The molecule has 2 heteroatoms. The zero-order chi connectivity index (χ0) is 10.0. The van der Waals surface area contributed by atoms with E-state index in [0.717, 1.165) is 5.92 Å². The Morgan fingerprint density at radius 3 is 2.38 bits per heavy atom. The molecule has 76 valence electrons. The van der Waals surface area contributed by atoms with Gasteiger partial charge in [0, 0.05) is 12.5 Å². The van der Waals surface area contributed by atoms with Crippen molar-refractivity contribution in [3.63, 3.8) is 0 Å². The smallest absolute Gasteiger partial charge is 0.149 e. The normalized spacial score (nSPS) is 21.6. The van der Waals surface area contributed by atoms with Gasteiger partial charge >= 0.3 is 0 Å². The summed E-state index contributed by atoms with van der Waals surface area (Å²) < 4.78 is 0. The van der Waals surface area contributed by atoms with Gasteiger partial charge in [-0.15, -0.1) is 0 Å². The quantitative estimate of drug-likeness (QED) is 0.650. The molecule has 13 heavy (non-hydrogen) atoms. The van der Waals surface area contributed by atoms with Crippen molar-refractivity contribution in [3.05, 3.63) is 0 Å². The molecule has 2 nitrogen and oxygen atoms in total. The molecule has 2 atom stereocenters. The van der Waals surface area contributed by atoms with Crippen molar-refractivity contribution in [2.45, 2.75) is 52.1 Å². The third-order valence-electron chi connectivity index (χ3n) is 3.37. The first kappa shape index (κ1) is 10.7. The molecule has 1 aliphatic carbocycles. The minimum absolute atomic E-state index is 0.0978. The molecule has 1 rings (SSSR count). The third kappa shape index (κ3) is 2.53. The molecular weight excluding hydrogens is 162 g/mol. The highest BCUT2D eigenvalue weighted by molar-refractivity contribution is 5.83. The van der Waals surface area contributed by atoms with Crippen molar-refractivity contribution in [2.75, 3.05) is 7.05 Å². The molecule has 0 bridgehead atoms. The highest BCUT2D eigenvalue weighted by Crippen LogP contribution is 2.35. The Balaban J connectivity index is 2.44. The molecule has 0 aromatic heterocycles. The summed E-state index contributed by atoms with van der Waals surface area (Å²) in [7, 11) is 2.07. The van der Waals surface area contributed by atoms with E-state index in [-0.39, 0.29) is 6.04 Å². The first-order chi connectivity index (χ1) is 6.07. The molecule has 1 aliphatic rings. The molecule has 0 aliphatic heterocycles. The Morgan fingerprint density at radius 1 is 1.46 bits per heavy atom. The summed E-state index contributed by atoms with van der Waals surface area (Å²) in [6, 6.07) is 0.672. The summed E-state index contributed by atoms with van der Waals surface area (Å²) in [5, 5.41) is 0. The third-order valence-corrected chi connectivity index (χ3v) is 3.37. The minimum Gasteiger partial charge on any atom is -0.298 e. The van der Waals surface area contributed by atoms with Crippen LogP contribution in [0.4, 0.5) is 0 Å². The number of rotatable bonds is 5. The van der Waals surface area contributed by atoms with Crippen LogP contribution in [0.15, 0.2) is 0 Å². The number of carbonyl (C=O) groups is 1.